The van der Waals surface area contributed by atoms with E-state index in [2.05, 4.69) is 36.4 Å². The van der Waals surface area contributed by atoms with Crippen molar-refractivity contribution in [1.29, 1.82) is 0 Å². The maximum absolute atomic E-state index is 11.5. The highest BCUT2D eigenvalue weighted by Gasteiger charge is 2.10. The van der Waals surface area contributed by atoms with Gasteiger partial charge in [0.15, 0.2) is 5.01 Å². The third kappa shape index (κ3) is 1.99. The molecule has 72 valence electrons. The lowest BCUT2D eigenvalue weighted by Gasteiger charge is -1.96. The van der Waals surface area contributed by atoms with Gasteiger partial charge in [-0.05, 0) is 15.9 Å². The lowest BCUT2D eigenvalue weighted by molar-refractivity contribution is 0.102. The van der Waals surface area contributed by atoms with Crippen LogP contribution in [0.15, 0.2) is 22.4 Å². The molecule has 2 N–H and O–H groups in total. The van der Waals surface area contributed by atoms with Crippen LogP contribution in [0.4, 0.5) is 5.69 Å². The third-order valence-corrected chi connectivity index (χ3v) is 2.98. The normalized spacial score (nSPS) is 10.1. The van der Waals surface area contributed by atoms with Crippen LogP contribution in [0.1, 0.15) is 9.80 Å². The number of carbonyl (C=O) groups excluding carboxylic acids is 1. The first-order valence-electron chi connectivity index (χ1n) is 3.67. The number of carbonyl (C=O) groups is 1. The van der Waals surface area contributed by atoms with Crippen LogP contribution in [-0.4, -0.2) is 21.1 Å². The monoisotopic (exact) mass is 272 g/mol. The molecular weight excluding hydrogens is 268 g/mol. The van der Waals surface area contributed by atoms with Crippen molar-refractivity contribution in [3.8, 4) is 0 Å². The Labute approximate surface area is 91.7 Å². The molecule has 0 fully saturated rings. The number of aromatic nitrogens is 3. The zero-order chi connectivity index (χ0) is 9.97. The summed E-state index contributed by atoms with van der Waals surface area (Å²) in [5, 5.41) is 11.1. The molecule has 0 aliphatic carbocycles. The van der Waals surface area contributed by atoms with Gasteiger partial charge in [0.25, 0.3) is 5.91 Å². The van der Waals surface area contributed by atoms with Crippen molar-refractivity contribution >= 4 is 38.9 Å². The number of H-pyrrole nitrogens is 1. The van der Waals surface area contributed by atoms with Crippen molar-refractivity contribution in [2.45, 2.75) is 0 Å². The Bertz CT molecular complexity index is 438. The van der Waals surface area contributed by atoms with Gasteiger partial charge in [0.2, 0.25) is 0 Å². The second kappa shape index (κ2) is 3.89. The minimum atomic E-state index is -0.234. The van der Waals surface area contributed by atoms with Gasteiger partial charge in [0, 0.05) is 11.6 Å². The second-order valence-electron chi connectivity index (χ2n) is 2.42. The number of amides is 1. The molecule has 0 aromatic carbocycles. The summed E-state index contributed by atoms with van der Waals surface area (Å²) in [4.78, 5) is 15.5. The van der Waals surface area contributed by atoms with Crippen LogP contribution in [0.25, 0.3) is 0 Å². The van der Waals surface area contributed by atoms with Gasteiger partial charge in [-0.25, -0.2) is 4.98 Å². The number of anilines is 1. The Morgan fingerprint density at radius 2 is 2.50 bits per heavy atom. The first kappa shape index (κ1) is 9.35. The van der Waals surface area contributed by atoms with E-state index < -0.39 is 0 Å². The van der Waals surface area contributed by atoms with Crippen LogP contribution in [0.5, 0.6) is 0 Å². The second-order valence-corrected chi connectivity index (χ2v) is 4.09. The van der Waals surface area contributed by atoms with E-state index in [0.717, 1.165) is 0 Å². The van der Waals surface area contributed by atoms with Crippen molar-refractivity contribution in [1.82, 2.24) is 15.2 Å². The van der Waals surface area contributed by atoms with Gasteiger partial charge in [0.05, 0.1) is 11.9 Å². The maximum Gasteiger partial charge on any atom is 0.284 e. The molecule has 5 nitrogen and oxygen atoms in total. The van der Waals surface area contributed by atoms with Crippen LogP contribution in [0, 0.1) is 0 Å². The minimum absolute atomic E-state index is 0.234. The third-order valence-electron chi connectivity index (χ3n) is 1.43. The first-order chi connectivity index (χ1) is 6.75. The van der Waals surface area contributed by atoms with Gasteiger partial charge in [-0.15, -0.1) is 11.3 Å². The SMILES string of the molecule is O=C(Nc1cn[nH]c1)c1nc(Br)cs1. The van der Waals surface area contributed by atoms with E-state index in [1.807, 2.05) is 0 Å². The molecule has 0 aliphatic rings. The number of nitrogens with zero attached hydrogens (tertiary/aromatic N) is 2. The molecule has 2 aromatic rings. The highest BCUT2D eigenvalue weighted by molar-refractivity contribution is 9.10. The Morgan fingerprint density at radius 1 is 1.64 bits per heavy atom. The number of hydrogen-bond donors (Lipinski definition) is 2. The highest BCUT2D eigenvalue weighted by Crippen LogP contribution is 2.16. The molecule has 1 amide bonds. The summed E-state index contributed by atoms with van der Waals surface area (Å²) in [5.74, 6) is -0.234. The van der Waals surface area contributed by atoms with Crippen molar-refractivity contribution in [2.24, 2.45) is 0 Å². The van der Waals surface area contributed by atoms with Crippen molar-refractivity contribution in [3.05, 3.63) is 27.4 Å². The van der Waals surface area contributed by atoms with Crippen LogP contribution in [0.2, 0.25) is 0 Å². The first-order valence-corrected chi connectivity index (χ1v) is 5.34. The fraction of sp³-hybridized carbons (Fsp3) is 0. The Kier molecular flexibility index (Phi) is 2.60. The van der Waals surface area contributed by atoms with Gasteiger partial charge in [-0.3, -0.25) is 9.89 Å². The van der Waals surface area contributed by atoms with Crippen molar-refractivity contribution in [2.75, 3.05) is 5.32 Å². The fourth-order valence-corrected chi connectivity index (χ4v) is 2.01. The molecule has 0 spiro atoms. The van der Waals surface area contributed by atoms with Crippen LogP contribution in [-0.2, 0) is 0 Å². The maximum atomic E-state index is 11.5. The average molecular weight is 273 g/mol. The Morgan fingerprint density at radius 3 is 3.07 bits per heavy atom. The quantitative estimate of drug-likeness (QED) is 0.877. The van der Waals surface area contributed by atoms with E-state index >= 15 is 0 Å². The molecule has 7 heteroatoms. The predicted molar refractivity (Wildman–Crippen MR) is 56.4 cm³/mol. The summed E-state index contributed by atoms with van der Waals surface area (Å²) in [7, 11) is 0. The summed E-state index contributed by atoms with van der Waals surface area (Å²) in [6.07, 6.45) is 3.13. The van der Waals surface area contributed by atoms with E-state index in [4.69, 9.17) is 0 Å². The summed E-state index contributed by atoms with van der Waals surface area (Å²) in [6.45, 7) is 0. The van der Waals surface area contributed by atoms with Gasteiger partial charge in [-0.2, -0.15) is 5.10 Å². The Hall–Kier alpha value is -1.21. The predicted octanol–water partition coefficient (Wildman–Crippen LogP) is 1.88. The summed E-state index contributed by atoms with van der Waals surface area (Å²) in [6, 6.07) is 0. The summed E-state index contributed by atoms with van der Waals surface area (Å²) in [5.41, 5.74) is 0.626. The van der Waals surface area contributed by atoms with Gasteiger partial charge >= 0.3 is 0 Å². The number of halogens is 1. The van der Waals surface area contributed by atoms with Gasteiger partial charge in [-0.1, -0.05) is 0 Å². The zero-order valence-corrected chi connectivity index (χ0v) is 9.22. The molecule has 0 radical (unpaired) electrons. The van der Waals surface area contributed by atoms with Crippen LogP contribution in [0.3, 0.4) is 0 Å². The number of aromatic amines is 1. The molecule has 0 saturated carbocycles. The van der Waals surface area contributed by atoms with E-state index in [-0.39, 0.29) is 5.91 Å². The fourth-order valence-electron chi connectivity index (χ4n) is 0.862. The highest BCUT2D eigenvalue weighted by atomic mass is 79.9. The van der Waals surface area contributed by atoms with E-state index in [0.29, 0.717) is 15.3 Å². The molecule has 2 aromatic heterocycles. The van der Waals surface area contributed by atoms with E-state index in [9.17, 15) is 4.79 Å². The molecule has 0 bridgehead atoms. The number of thiazole rings is 1. The lowest BCUT2D eigenvalue weighted by Crippen LogP contribution is -2.10. The molecule has 0 aliphatic heterocycles. The number of rotatable bonds is 2. The van der Waals surface area contributed by atoms with Crippen LogP contribution < -0.4 is 5.32 Å². The Balaban J connectivity index is 2.10. The minimum Gasteiger partial charge on any atom is -0.317 e. The molecule has 0 unspecified atom stereocenters. The van der Waals surface area contributed by atoms with E-state index in [1.54, 1.807) is 11.6 Å². The molecular formula is C7H5BrN4OS. The molecule has 14 heavy (non-hydrogen) atoms. The van der Waals surface area contributed by atoms with E-state index in [1.165, 1.54) is 17.5 Å². The molecule has 0 atom stereocenters. The molecule has 2 heterocycles. The molecule has 0 saturated heterocycles. The van der Waals surface area contributed by atoms with Crippen LogP contribution >= 0.6 is 27.3 Å². The topological polar surface area (TPSA) is 70.7 Å². The largest absolute Gasteiger partial charge is 0.317 e. The number of nitrogens with one attached hydrogen (secondary N) is 2. The van der Waals surface area contributed by atoms with Crippen molar-refractivity contribution in [3.63, 3.8) is 0 Å². The average Bonchev–Trinajstić information content (AvgIpc) is 2.75. The van der Waals surface area contributed by atoms with Gasteiger partial charge < -0.3 is 5.32 Å². The standard InChI is InChI=1S/C7H5BrN4OS/c8-5-3-14-7(12-5)6(13)11-4-1-9-10-2-4/h1-3H,(H,9,10)(H,11,13). The number of hydrogen-bond acceptors (Lipinski definition) is 4. The zero-order valence-electron chi connectivity index (χ0n) is 6.82. The molecule has 2 rings (SSSR count). The lowest BCUT2D eigenvalue weighted by atomic mass is 10.5. The van der Waals surface area contributed by atoms with Crippen molar-refractivity contribution < 1.29 is 4.79 Å². The smallest absolute Gasteiger partial charge is 0.284 e. The van der Waals surface area contributed by atoms with Gasteiger partial charge in [0.1, 0.15) is 4.60 Å². The summed E-state index contributed by atoms with van der Waals surface area (Å²) < 4.78 is 0.667. The summed E-state index contributed by atoms with van der Waals surface area (Å²) >= 11 is 4.46.